The highest BCUT2D eigenvalue weighted by atomic mass is 35.5. The molecule has 3 nitrogen and oxygen atoms in total. The van der Waals surface area contributed by atoms with Crippen LogP contribution in [0.4, 0.5) is 0 Å². The number of rotatable bonds is 0. The van der Waals surface area contributed by atoms with Crippen LogP contribution < -0.4 is 0 Å². The largest absolute Gasteiger partial charge is 0.326 e. The van der Waals surface area contributed by atoms with E-state index in [1.165, 1.54) is 0 Å². The smallest absolute Gasteiger partial charge is 0.314 e. The first-order chi connectivity index (χ1) is 1.73. The Labute approximate surface area is 36.0 Å². The first-order valence-electron chi connectivity index (χ1n) is 0.651. The van der Waals surface area contributed by atoms with Crippen LogP contribution in [0.2, 0.25) is 0 Å². The van der Waals surface area contributed by atoms with E-state index in [-0.39, 0.29) is 12.4 Å². The second-order valence-electron chi connectivity index (χ2n) is 0.283. The third-order valence-electron chi connectivity index (χ3n) is 0. The Morgan fingerprint density at radius 2 is 1.40 bits per heavy atom. The van der Waals surface area contributed by atoms with Crippen LogP contribution in [0.25, 0.3) is 0 Å². The number of hydrogen-bond acceptors (Lipinski definition) is 1. The fourth-order valence-corrected chi connectivity index (χ4v) is 0. The molecule has 0 saturated heterocycles. The van der Waals surface area contributed by atoms with Crippen LogP contribution in [0, 0.1) is 0 Å². The lowest BCUT2D eigenvalue weighted by Crippen LogP contribution is -1.38. The van der Waals surface area contributed by atoms with E-state index in [0.29, 0.717) is 0 Å². The van der Waals surface area contributed by atoms with Crippen molar-refractivity contribution in [3.05, 3.63) is 0 Å². The Kier molecular flexibility index (Phi) is 8.05. The quantitative estimate of drug-likeness (QED) is 0.433. The summed E-state index contributed by atoms with van der Waals surface area (Å²) in [6, 6.07) is 0. The molecule has 0 amide bonds. The van der Waals surface area contributed by atoms with Gasteiger partial charge in [-0.1, -0.05) is 0 Å². The molecule has 0 radical (unpaired) electrons. The van der Waals surface area contributed by atoms with Crippen molar-refractivity contribution in [3.8, 4) is 0 Å². The lowest BCUT2D eigenvalue weighted by molar-refractivity contribution is 0.405. The van der Waals surface area contributed by atoms with E-state index >= 15 is 0 Å². The maximum Gasteiger partial charge on any atom is 0.314 e. The molecular formula is H4ClO3P. The number of hydrogen-bond donors (Lipinski definition) is 2. The van der Waals surface area contributed by atoms with Gasteiger partial charge in [0.2, 0.25) is 0 Å². The molecule has 0 aliphatic rings. The van der Waals surface area contributed by atoms with Crippen LogP contribution in [0.15, 0.2) is 0 Å². The van der Waals surface area contributed by atoms with Gasteiger partial charge in [0.15, 0.2) is 0 Å². The predicted octanol–water partition coefficient (Wildman–Crippen LogP) is -0.218. The Morgan fingerprint density at radius 1 is 1.40 bits per heavy atom. The van der Waals surface area contributed by atoms with Gasteiger partial charge in [-0.2, -0.15) is 0 Å². The molecule has 0 bridgehead atoms. The molecule has 0 spiro atoms. The Balaban J connectivity index is 0. The lowest BCUT2D eigenvalue weighted by Gasteiger charge is -1.61. The third kappa shape index (κ3) is 137. The Hall–Kier alpha value is 0.440. The van der Waals surface area contributed by atoms with Crippen molar-refractivity contribution in [2.45, 2.75) is 0 Å². The van der Waals surface area contributed by atoms with Gasteiger partial charge < -0.3 is 9.79 Å². The molecule has 0 aromatic rings. The molecule has 0 aromatic heterocycles. The molecule has 0 atom stereocenters. The minimum absolute atomic E-state index is 0. The SMILES string of the molecule is Cl.O=[PH](O)O. The monoisotopic (exact) mass is 118 g/mol. The number of halogens is 1. The standard InChI is InChI=1S/ClH.H3O3P/c;1-4(2)3/h1H;4H,(H2,1,2,3). The van der Waals surface area contributed by atoms with E-state index in [1.54, 1.807) is 0 Å². The van der Waals surface area contributed by atoms with Crippen LogP contribution in [0.5, 0.6) is 0 Å². The van der Waals surface area contributed by atoms with Crippen LogP contribution in [-0.4, -0.2) is 9.79 Å². The molecule has 0 unspecified atom stereocenters. The lowest BCUT2D eigenvalue weighted by atomic mass is 15.8. The van der Waals surface area contributed by atoms with Gasteiger partial charge in [-0.15, -0.1) is 12.4 Å². The summed E-state index contributed by atoms with van der Waals surface area (Å²) in [5, 5.41) is 0. The zero-order valence-corrected chi connectivity index (χ0v) is 4.03. The summed E-state index contributed by atoms with van der Waals surface area (Å²) in [5.41, 5.74) is 0. The zero-order chi connectivity index (χ0) is 3.58. The van der Waals surface area contributed by atoms with Crippen LogP contribution in [-0.2, 0) is 4.57 Å². The molecule has 0 aromatic carbocycles. The third-order valence-corrected chi connectivity index (χ3v) is 0. The average Bonchev–Trinajstić information content (AvgIpc) is 0.811. The Bertz CT molecular complexity index is 29.9. The minimum Gasteiger partial charge on any atom is -0.326 e. The molecule has 0 aliphatic carbocycles. The highest BCUT2D eigenvalue weighted by Gasteiger charge is 1.61. The average molecular weight is 118 g/mol. The van der Waals surface area contributed by atoms with Gasteiger partial charge in [-0.3, -0.25) is 4.57 Å². The van der Waals surface area contributed by atoms with E-state index in [1.807, 2.05) is 0 Å². The summed E-state index contributed by atoms with van der Waals surface area (Å²) >= 11 is 0. The minimum atomic E-state index is -3.13. The van der Waals surface area contributed by atoms with Gasteiger partial charge in [0.1, 0.15) is 0 Å². The molecular weight excluding hydrogens is 114 g/mol. The summed E-state index contributed by atoms with van der Waals surface area (Å²) in [4.78, 5) is 14.3. The zero-order valence-electron chi connectivity index (χ0n) is 2.21. The summed E-state index contributed by atoms with van der Waals surface area (Å²) in [6.07, 6.45) is 0. The van der Waals surface area contributed by atoms with Crippen molar-refractivity contribution >= 4 is 20.7 Å². The predicted molar refractivity (Wildman–Crippen MR) is 20.7 cm³/mol. The van der Waals surface area contributed by atoms with Crippen LogP contribution in [0.1, 0.15) is 0 Å². The molecule has 0 aliphatic heterocycles. The van der Waals surface area contributed by atoms with Crippen molar-refractivity contribution in [3.63, 3.8) is 0 Å². The maximum atomic E-state index is 8.74. The maximum absolute atomic E-state index is 8.74. The molecule has 0 fully saturated rings. The molecule has 2 N–H and O–H groups in total. The Morgan fingerprint density at radius 3 is 1.40 bits per heavy atom. The van der Waals surface area contributed by atoms with Crippen molar-refractivity contribution in [2.75, 3.05) is 0 Å². The summed E-state index contributed by atoms with van der Waals surface area (Å²) in [5.74, 6) is 0. The summed E-state index contributed by atoms with van der Waals surface area (Å²) in [6.45, 7) is 0. The van der Waals surface area contributed by atoms with E-state index in [2.05, 4.69) is 0 Å². The molecule has 0 heterocycles. The molecule has 0 rings (SSSR count). The van der Waals surface area contributed by atoms with E-state index in [9.17, 15) is 0 Å². The molecule has 34 valence electrons. The van der Waals surface area contributed by atoms with Gasteiger partial charge in [-0.05, 0) is 0 Å². The highest BCUT2D eigenvalue weighted by molar-refractivity contribution is 7.30. The second-order valence-corrected chi connectivity index (χ2v) is 0.848. The van der Waals surface area contributed by atoms with E-state index < -0.39 is 8.25 Å². The second kappa shape index (κ2) is 4.44. The van der Waals surface area contributed by atoms with Gasteiger partial charge in [0.25, 0.3) is 0 Å². The van der Waals surface area contributed by atoms with Gasteiger partial charge in [0, 0.05) is 0 Å². The van der Waals surface area contributed by atoms with Crippen molar-refractivity contribution in [1.82, 2.24) is 0 Å². The van der Waals surface area contributed by atoms with Crippen molar-refractivity contribution in [2.24, 2.45) is 0 Å². The summed E-state index contributed by atoms with van der Waals surface area (Å²) in [7, 11) is -3.13. The normalized spacial score (nSPS) is 7.00. The van der Waals surface area contributed by atoms with Crippen LogP contribution >= 0.6 is 20.7 Å². The molecule has 5 heavy (non-hydrogen) atoms. The van der Waals surface area contributed by atoms with Crippen molar-refractivity contribution in [1.29, 1.82) is 0 Å². The van der Waals surface area contributed by atoms with Crippen molar-refractivity contribution < 1.29 is 14.4 Å². The topological polar surface area (TPSA) is 57.5 Å². The molecule has 5 heteroatoms. The van der Waals surface area contributed by atoms with E-state index in [4.69, 9.17) is 14.4 Å². The van der Waals surface area contributed by atoms with Gasteiger partial charge in [0.05, 0.1) is 0 Å². The van der Waals surface area contributed by atoms with E-state index in [0.717, 1.165) is 0 Å². The van der Waals surface area contributed by atoms with Gasteiger partial charge >= 0.3 is 8.25 Å². The summed E-state index contributed by atoms with van der Waals surface area (Å²) < 4.78 is 8.74. The first-order valence-corrected chi connectivity index (χ1v) is 1.95. The first kappa shape index (κ1) is 9.06. The fraction of sp³-hybridized carbons (Fsp3) is 0. The molecule has 0 saturated carbocycles. The highest BCUT2D eigenvalue weighted by Crippen LogP contribution is 1.98. The van der Waals surface area contributed by atoms with Gasteiger partial charge in [-0.25, -0.2) is 0 Å². The fourth-order valence-electron chi connectivity index (χ4n) is 0. The van der Waals surface area contributed by atoms with Crippen LogP contribution in [0.3, 0.4) is 0 Å².